The maximum Gasteiger partial charge on any atom is 0.156 e. The predicted molar refractivity (Wildman–Crippen MR) is 110 cm³/mol. The fourth-order valence-corrected chi connectivity index (χ4v) is 2.91. The molecule has 7 heteroatoms. The summed E-state index contributed by atoms with van der Waals surface area (Å²) in [5.41, 5.74) is 10.9. The molecule has 7 nitrogen and oxygen atoms in total. The second-order valence-electron chi connectivity index (χ2n) is 6.35. The zero-order valence-corrected chi connectivity index (χ0v) is 15.3. The number of fused-ring (bicyclic) bond motifs is 1. The average molecular weight is 369 g/mol. The largest absolute Gasteiger partial charge is 0.364 e. The maximum atomic E-state index is 7.40. The summed E-state index contributed by atoms with van der Waals surface area (Å²) in [6.07, 6.45) is 1.79. The standard InChI is InChI=1S/C21H19N7/c1-14-4-2-6-19(25-14)26-20-10-9-18(28-22)21(27-20)24-13-15-7-8-17-16(12-15)5-3-11-23-17/h2-12,22H,13H2,1H3,(H2,24,25,26,27). The SMILES string of the molecule is Cc1cccc(Nc2ccc(N=N)c(NCc3ccc4ncccc4c3)n2)n1. The first kappa shape index (κ1) is 17.5. The Morgan fingerprint density at radius 3 is 2.71 bits per heavy atom. The molecule has 0 amide bonds. The molecule has 28 heavy (non-hydrogen) atoms. The lowest BCUT2D eigenvalue weighted by molar-refractivity contribution is 1.08. The van der Waals surface area contributed by atoms with Crippen LogP contribution in [-0.2, 0) is 6.54 Å². The molecule has 0 unspecified atom stereocenters. The van der Waals surface area contributed by atoms with Crippen molar-refractivity contribution in [1.29, 1.82) is 5.53 Å². The Morgan fingerprint density at radius 1 is 0.964 bits per heavy atom. The van der Waals surface area contributed by atoms with E-state index in [0.29, 0.717) is 23.9 Å². The Labute approximate surface area is 162 Å². The van der Waals surface area contributed by atoms with E-state index < -0.39 is 0 Å². The lowest BCUT2D eigenvalue weighted by atomic mass is 10.1. The lowest BCUT2D eigenvalue weighted by Gasteiger charge is -2.11. The van der Waals surface area contributed by atoms with Gasteiger partial charge in [0.05, 0.1) is 5.52 Å². The molecule has 0 atom stereocenters. The lowest BCUT2D eigenvalue weighted by Crippen LogP contribution is -2.04. The molecular formula is C21H19N7. The molecule has 4 rings (SSSR count). The first-order valence-corrected chi connectivity index (χ1v) is 8.88. The number of anilines is 3. The van der Waals surface area contributed by atoms with E-state index in [9.17, 15) is 0 Å². The number of hydrogen-bond donors (Lipinski definition) is 3. The topological polar surface area (TPSA) is 98.9 Å². The number of aromatic nitrogens is 3. The summed E-state index contributed by atoms with van der Waals surface area (Å²) in [4.78, 5) is 13.3. The van der Waals surface area contributed by atoms with Crippen molar-refractivity contribution in [1.82, 2.24) is 15.0 Å². The van der Waals surface area contributed by atoms with Gasteiger partial charge in [-0.3, -0.25) is 4.98 Å². The number of benzene rings is 1. The van der Waals surface area contributed by atoms with Crippen molar-refractivity contribution in [2.75, 3.05) is 10.6 Å². The Hall–Kier alpha value is -3.87. The summed E-state index contributed by atoms with van der Waals surface area (Å²) >= 11 is 0. The number of aryl methyl sites for hydroxylation is 1. The number of hydrogen-bond acceptors (Lipinski definition) is 7. The summed E-state index contributed by atoms with van der Waals surface area (Å²) in [6.45, 7) is 2.50. The molecule has 0 aliphatic carbocycles. The molecule has 0 aliphatic rings. The van der Waals surface area contributed by atoms with Crippen LogP contribution in [0.2, 0.25) is 0 Å². The quantitative estimate of drug-likeness (QED) is 0.398. The molecule has 0 spiro atoms. The van der Waals surface area contributed by atoms with Crippen LogP contribution in [0.25, 0.3) is 10.9 Å². The highest BCUT2D eigenvalue weighted by Crippen LogP contribution is 2.26. The van der Waals surface area contributed by atoms with Crippen molar-refractivity contribution in [3.63, 3.8) is 0 Å². The van der Waals surface area contributed by atoms with Crippen LogP contribution in [0.3, 0.4) is 0 Å². The highest BCUT2D eigenvalue weighted by Gasteiger charge is 2.07. The number of pyridine rings is 3. The van der Waals surface area contributed by atoms with Gasteiger partial charge in [-0.25, -0.2) is 15.5 Å². The molecule has 1 aromatic carbocycles. The minimum Gasteiger partial charge on any atom is -0.364 e. The van der Waals surface area contributed by atoms with E-state index in [1.807, 2.05) is 49.4 Å². The predicted octanol–water partition coefficient (Wildman–Crippen LogP) is 5.35. The summed E-state index contributed by atoms with van der Waals surface area (Å²) in [6, 6.07) is 19.4. The van der Waals surface area contributed by atoms with Gasteiger partial charge in [-0.05, 0) is 55.0 Å². The summed E-state index contributed by atoms with van der Waals surface area (Å²) < 4.78 is 0. The summed E-state index contributed by atoms with van der Waals surface area (Å²) in [5.74, 6) is 1.89. The molecular weight excluding hydrogens is 350 g/mol. The number of nitrogens with zero attached hydrogens (tertiary/aromatic N) is 4. The van der Waals surface area contributed by atoms with Crippen LogP contribution in [-0.4, -0.2) is 15.0 Å². The van der Waals surface area contributed by atoms with E-state index in [1.54, 1.807) is 18.3 Å². The minimum atomic E-state index is 0.477. The molecule has 0 saturated carbocycles. The minimum absolute atomic E-state index is 0.477. The van der Waals surface area contributed by atoms with Crippen LogP contribution >= 0.6 is 0 Å². The zero-order valence-electron chi connectivity index (χ0n) is 15.3. The van der Waals surface area contributed by atoms with Crippen LogP contribution in [0.15, 0.2) is 72.0 Å². The number of rotatable bonds is 6. The van der Waals surface area contributed by atoms with Gasteiger partial charge in [-0.15, -0.1) is 0 Å². The average Bonchev–Trinajstić information content (AvgIpc) is 2.72. The normalized spacial score (nSPS) is 10.6. The third kappa shape index (κ3) is 3.93. The van der Waals surface area contributed by atoms with Crippen LogP contribution in [0.4, 0.5) is 23.1 Å². The van der Waals surface area contributed by atoms with E-state index in [2.05, 4.69) is 36.8 Å². The Morgan fingerprint density at radius 2 is 1.86 bits per heavy atom. The van der Waals surface area contributed by atoms with Crippen LogP contribution in [0.5, 0.6) is 0 Å². The van der Waals surface area contributed by atoms with Crippen LogP contribution < -0.4 is 10.6 Å². The number of nitrogens with one attached hydrogen (secondary N) is 3. The molecule has 3 heterocycles. The molecule has 4 aromatic rings. The van der Waals surface area contributed by atoms with Gasteiger partial charge in [-0.2, -0.15) is 5.11 Å². The van der Waals surface area contributed by atoms with Crippen LogP contribution in [0.1, 0.15) is 11.3 Å². The van der Waals surface area contributed by atoms with E-state index >= 15 is 0 Å². The Bertz CT molecular complexity index is 1140. The van der Waals surface area contributed by atoms with Gasteiger partial charge < -0.3 is 10.6 Å². The Balaban J connectivity index is 1.54. The van der Waals surface area contributed by atoms with Crippen molar-refractivity contribution >= 4 is 34.0 Å². The molecule has 3 aromatic heterocycles. The highest BCUT2D eigenvalue weighted by molar-refractivity contribution is 5.79. The maximum absolute atomic E-state index is 7.40. The molecule has 0 fully saturated rings. The van der Waals surface area contributed by atoms with Gasteiger partial charge in [0.25, 0.3) is 0 Å². The smallest absolute Gasteiger partial charge is 0.156 e. The van der Waals surface area contributed by atoms with E-state index in [0.717, 1.165) is 28.0 Å². The van der Waals surface area contributed by atoms with Crippen LogP contribution in [0, 0.1) is 12.5 Å². The third-order valence-electron chi connectivity index (χ3n) is 4.27. The molecule has 0 bridgehead atoms. The van der Waals surface area contributed by atoms with Gasteiger partial charge in [0, 0.05) is 23.8 Å². The molecule has 0 saturated heterocycles. The van der Waals surface area contributed by atoms with Gasteiger partial charge in [0.15, 0.2) is 5.82 Å². The monoisotopic (exact) mass is 369 g/mol. The van der Waals surface area contributed by atoms with Crippen molar-refractivity contribution in [2.24, 2.45) is 5.11 Å². The van der Waals surface area contributed by atoms with Crippen molar-refractivity contribution < 1.29 is 0 Å². The van der Waals surface area contributed by atoms with E-state index in [-0.39, 0.29) is 0 Å². The van der Waals surface area contributed by atoms with Gasteiger partial charge in [0.1, 0.15) is 17.3 Å². The van der Waals surface area contributed by atoms with Gasteiger partial charge in [0.2, 0.25) is 0 Å². The molecule has 3 N–H and O–H groups in total. The molecule has 0 radical (unpaired) electrons. The van der Waals surface area contributed by atoms with Crippen molar-refractivity contribution in [3.8, 4) is 0 Å². The molecule has 138 valence electrons. The summed E-state index contributed by atoms with van der Waals surface area (Å²) in [5, 5.41) is 11.1. The highest BCUT2D eigenvalue weighted by atomic mass is 15.1. The second-order valence-corrected chi connectivity index (χ2v) is 6.35. The fourth-order valence-electron chi connectivity index (χ4n) is 2.91. The van der Waals surface area contributed by atoms with Gasteiger partial charge in [-0.1, -0.05) is 18.2 Å². The Kier molecular flexibility index (Phi) is 4.88. The summed E-state index contributed by atoms with van der Waals surface area (Å²) in [7, 11) is 0. The first-order valence-electron chi connectivity index (χ1n) is 8.88. The first-order chi connectivity index (χ1) is 13.7. The van der Waals surface area contributed by atoms with Crippen molar-refractivity contribution in [2.45, 2.75) is 13.5 Å². The second kappa shape index (κ2) is 7.79. The fraction of sp³-hybridized carbons (Fsp3) is 0.0952. The van der Waals surface area contributed by atoms with E-state index in [4.69, 9.17) is 5.53 Å². The van der Waals surface area contributed by atoms with E-state index in [1.165, 1.54) is 0 Å². The van der Waals surface area contributed by atoms with Crippen molar-refractivity contribution in [3.05, 3.63) is 78.1 Å². The zero-order chi connectivity index (χ0) is 19.3. The van der Waals surface area contributed by atoms with Gasteiger partial charge >= 0.3 is 0 Å². The molecule has 0 aliphatic heterocycles. The third-order valence-corrected chi connectivity index (χ3v) is 4.27.